The summed E-state index contributed by atoms with van der Waals surface area (Å²) < 4.78 is 65.9. The highest BCUT2D eigenvalue weighted by molar-refractivity contribution is 7.06. The average molecular weight is 506 g/mol. The van der Waals surface area contributed by atoms with Gasteiger partial charge in [-0.2, -0.15) is 22.8 Å². The fourth-order valence-electron chi connectivity index (χ4n) is 3.09. The number of carbonyl (C=O) groups excluding carboxylic acids is 1. The molecule has 0 spiro atoms. The van der Waals surface area contributed by atoms with Crippen molar-refractivity contribution in [2.24, 2.45) is 0 Å². The normalized spacial score (nSPS) is 15.1. The first-order chi connectivity index (χ1) is 16.6. The molecule has 12 heteroatoms. The Hall–Kier alpha value is -3.72. The SMILES string of the molecule is C[C@@H](Oc1ccc(OCC(F)(F)F)nc1)c1cc(-c2ccc(C(=O)NC3(C#N)CC3)c(F)c2)ns1. The largest absolute Gasteiger partial charge is 0.484 e. The number of benzene rings is 1. The number of rotatable bonds is 8. The zero-order valence-corrected chi connectivity index (χ0v) is 19.0. The molecule has 1 aliphatic carbocycles. The summed E-state index contributed by atoms with van der Waals surface area (Å²) in [6.07, 6.45) is -2.59. The molecule has 1 aromatic carbocycles. The van der Waals surface area contributed by atoms with Gasteiger partial charge in [0, 0.05) is 11.6 Å². The van der Waals surface area contributed by atoms with Crippen LogP contribution in [0.15, 0.2) is 42.6 Å². The molecule has 3 aromatic rings. The molecule has 4 rings (SSSR count). The minimum Gasteiger partial charge on any atom is -0.484 e. The number of alkyl halides is 3. The van der Waals surface area contributed by atoms with Crippen molar-refractivity contribution >= 4 is 17.4 Å². The Morgan fingerprint density at radius 2 is 2.06 bits per heavy atom. The average Bonchev–Trinajstić information content (AvgIpc) is 3.40. The predicted molar refractivity (Wildman–Crippen MR) is 117 cm³/mol. The molecule has 2 heterocycles. The molecular weight excluding hydrogens is 488 g/mol. The van der Waals surface area contributed by atoms with Crippen molar-refractivity contribution < 1.29 is 31.8 Å². The van der Waals surface area contributed by atoms with E-state index in [1.165, 1.54) is 30.5 Å². The van der Waals surface area contributed by atoms with Gasteiger partial charge in [-0.25, -0.2) is 9.37 Å². The minimum absolute atomic E-state index is 0.155. The summed E-state index contributed by atoms with van der Waals surface area (Å²) in [5.41, 5.74) is -0.106. The van der Waals surface area contributed by atoms with Crippen molar-refractivity contribution in [3.05, 3.63) is 58.9 Å². The summed E-state index contributed by atoms with van der Waals surface area (Å²) in [5.74, 6) is -1.23. The molecule has 1 fully saturated rings. The minimum atomic E-state index is -4.46. The van der Waals surface area contributed by atoms with Gasteiger partial charge in [-0.3, -0.25) is 4.79 Å². The molecule has 0 saturated heterocycles. The highest BCUT2D eigenvalue weighted by Gasteiger charge is 2.45. The van der Waals surface area contributed by atoms with Crippen molar-refractivity contribution in [1.82, 2.24) is 14.7 Å². The summed E-state index contributed by atoms with van der Waals surface area (Å²) in [5, 5.41) is 11.7. The molecule has 1 aliphatic rings. The van der Waals surface area contributed by atoms with Crippen LogP contribution in [0.3, 0.4) is 0 Å². The van der Waals surface area contributed by atoms with Crippen molar-refractivity contribution in [3.8, 4) is 29.0 Å². The van der Waals surface area contributed by atoms with Crippen molar-refractivity contribution in [2.75, 3.05) is 6.61 Å². The van der Waals surface area contributed by atoms with E-state index in [4.69, 9.17) is 10.00 Å². The second kappa shape index (κ2) is 9.50. The number of aromatic nitrogens is 2. The van der Waals surface area contributed by atoms with Crippen molar-refractivity contribution in [3.63, 3.8) is 0 Å². The summed E-state index contributed by atoms with van der Waals surface area (Å²) in [6.45, 7) is 0.315. The first-order valence-electron chi connectivity index (χ1n) is 10.4. The molecule has 35 heavy (non-hydrogen) atoms. The number of hydrogen-bond donors (Lipinski definition) is 1. The molecule has 2 aromatic heterocycles. The van der Waals surface area contributed by atoms with E-state index in [-0.39, 0.29) is 11.4 Å². The molecule has 0 radical (unpaired) electrons. The zero-order valence-electron chi connectivity index (χ0n) is 18.2. The van der Waals surface area contributed by atoms with Crippen LogP contribution in [0.1, 0.15) is 41.1 Å². The predicted octanol–water partition coefficient (Wildman–Crippen LogP) is 5.21. The Morgan fingerprint density at radius 3 is 2.66 bits per heavy atom. The summed E-state index contributed by atoms with van der Waals surface area (Å²) in [6, 6.07) is 10.6. The smallest absolute Gasteiger partial charge is 0.422 e. The van der Waals surface area contributed by atoms with Gasteiger partial charge in [0.25, 0.3) is 5.91 Å². The van der Waals surface area contributed by atoms with E-state index in [0.717, 1.165) is 11.5 Å². The molecule has 0 bridgehead atoms. The number of carbonyl (C=O) groups is 1. The number of pyridine rings is 1. The maximum Gasteiger partial charge on any atom is 0.422 e. The lowest BCUT2D eigenvalue weighted by molar-refractivity contribution is -0.154. The van der Waals surface area contributed by atoms with E-state index in [9.17, 15) is 22.4 Å². The van der Waals surface area contributed by atoms with Gasteiger partial charge in [0.05, 0.1) is 28.4 Å². The number of halogens is 4. The molecule has 182 valence electrons. The van der Waals surface area contributed by atoms with Crippen molar-refractivity contribution in [2.45, 2.75) is 37.6 Å². The highest BCUT2D eigenvalue weighted by Crippen LogP contribution is 2.35. The topological polar surface area (TPSA) is 97.1 Å². The van der Waals surface area contributed by atoms with Crippen LogP contribution in [-0.2, 0) is 0 Å². The second-order valence-electron chi connectivity index (χ2n) is 7.95. The number of nitrogens with one attached hydrogen (secondary N) is 1. The Bertz CT molecular complexity index is 1270. The number of hydrogen-bond acceptors (Lipinski definition) is 7. The van der Waals surface area contributed by atoms with Crippen LogP contribution in [0, 0.1) is 17.1 Å². The standard InChI is InChI=1S/C23H18F4N4O3S/c1-13(34-15-3-5-20(29-10-15)33-12-23(25,26)27)19-9-18(31-35-19)14-2-4-16(17(24)8-14)21(32)30-22(11-28)6-7-22/h2-5,8-10,13H,6-7,12H2,1H3,(H,30,32)/t13-/m1/s1. The highest BCUT2D eigenvalue weighted by atomic mass is 32.1. The maximum atomic E-state index is 14.6. The maximum absolute atomic E-state index is 14.6. The van der Waals surface area contributed by atoms with Crippen LogP contribution < -0.4 is 14.8 Å². The molecule has 1 amide bonds. The first kappa shape index (κ1) is 24.4. The summed E-state index contributed by atoms with van der Waals surface area (Å²) >= 11 is 1.14. The second-order valence-corrected chi connectivity index (χ2v) is 8.79. The summed E-state index contributed by atoms with van der Waals surface area (Å²) in [4.78, 5) is 16.8. The molecule has 0 aliphatic heterocycles. The van der Waals surface area contributed by atoms with Crippen molar-refractivity contribution in [1.29, 1.82) is 5.26 Å². The van der Waals surface area contributed by atoms with E-state index in [0.29, 0.717) is 34.7 Å². The van der Waals surface area contributed by atoms with Gasteiger partial charge in [0.15, 0.2) is 6.61 Å². The van der Waals surface area contributed by atoms with E-state index in [1.54, 1.807) is 19.1 Å². The van der Waals surface area contributed by atoms with Crippen LogP contribution in [0.5, 0.6) is 11.6 Å². The zero-order chi connectivity index (χ0) is 25.2. The lowest BCUT2D eigenvalue weighted by Crippen LogP contribution is -2.36. The van der Waals surface area contributed by atoms with E-state index < -0.39 is 36.2 Å². The Balaban J connectivity index is 1.39. The van der Waals surface area contributed by atoms with Crippen LogP contribution in [0.2, 0.25) is 0 Å². The third-order valence-electron chi connectivity index (χ3n) is 5.16. The van der Waals surface area contributed by atoms with Crippen LogP contribution in [0.4, 0.5) is 17.6 Å². The molecule has 1 saturated carbocycles. The molecule has 1 N–H and O–H groups in total. The van der Waals surface area contributed by atoms with Crippen LogP contribution in [0.25, 0.3) is 11.3 Å². The third-order valence-corrected chi connectivity index (χ3v) is 6.11. The third kappa shape index (κ3) is 6.05. The quantitative estimate of drug-likeness (QED) is 0.421. The number of nitriles is 1. The Kier molecular flexibility index (Phi) is 6.62. The lowest BCUT2D eigenvalue weighted by Gasteiger charge is -2.13. The van der Waals surface area contributed by atoms with Gasteiger partial charge in [-0.15, -0.1) is 0 Å². The van der Waals surface area contributed by atoms with Gasteiger partial charge >= 0.3 is 6.18 Å². The van der Waals surface area contributed by atoms with E-state index in [1.807, 2.05) is 6.07 Å². The fraction of sp³-hybridized carbons (Fsp3) is 0.304. The van der Waals surface area contributed by atoms with Crippen LogP contribution >= 0.6 is 11.5 Å². The number of amides is 1. The van der Waals surface area contributed by atoms with Crippen LogP contribution in [-0.4, -0.2) is 33.6 Å². The van der Waals surface area contributed by atoms with E-state index in [2.05, 4.69) is 19.4 Å². The number of nitrogens with zero attached hydrogens (tertiary/aromatic N) is 3. The Labute approximate surface area is 201 Å². The van der Waals surface area contributed by atoms with Gasteiger partial charge in [0.1, 0.15) is 23.2 Å². The molecule has 1 atom stereocenters. The molecule has 0 unspecified atom stereocenters. The Morgan fingerprint density at radius 1 is 1.29 bits per heavy atom. The van der Waals surface area contributed by atoms with E-state index >= 15 is 0 Å². The number of ether oxygens (including phenoxy) is 2. The monoisotopic (exact) mass is 506 g/mol. The molecular formula is C23H18F4N4O3S. The van der Waals surface area contributed by atoms with Gasteiger partial charge in [-0.05, 0) is 55.6 Å². The first-order valence-corrected chi connectivity index (χ1v) is 11.2. The fourth-order valence-corrected chi connectivity index (χ4v) is 3.81. The lowest BCUT2D eigenvalue weighted by atomic mass is 10.1. The molecule has 7 nitrogen and oxygen atoms in total. The summed E-state index contributed by atoms with van der Waals surface area (Å²) in [7, 11) is 0. The van der Waals surface area contributed by atoms with Gasteiger partial charge in [-0.1, -0.05) is 6.07 Å². The van der Waals surface area contributed by atoms with Gasteiger partial charge < -0.3 is 14.8 Å². The van der Waals surface area contributed by atoms with Gasteiger partial charge in [0.2, 0.25) is 5.88 Å².